The maximum atomic E-state index is 12.0. The number of nitrogens with zero attached hydrogens (tertiary/aromatic N) is 1. The van der Waals surface area contributed by atoms with Gasteiger partial charge in [-0.25, -0.2) is 0 Å². The van der Waals surface area contributed by atoms with E-state index in [1.165, 1.54) is 5.01 Å². The van der Waals surface area contributed by atoms with Crippen LogP contribution in [-0.4, -0.2) is 23.4 Å². The molecule has 1 N–H and O–H groups in total. The van der Waals surface area contributed by atoms with Crippen molar-refractivity contribution in [1.82, 2.24) is 10.4 Å². The van der Waals surface area contributed by atoms with Gasteiger partial charge >= 0.3 is 0 Å². The smallest absolute Gasteiger partial charge is 0.245 e. The van der Waals surface area contributed by atoms with Crippen LogP contribution < -0.4 is 5.43 Å². The van der Waals surface area contributed by atoms with Gasteiger partial charge in [-0.3, -0.25) is 20.0 Å². The molecule has 1 saturated carbocycles. The zero-order valence-electron chi connectivity index (χ0n) is 9.92. The van der Waals surface area contributed by atoms with Gasteiger partial charge in [-0.05, 0) is 19.3 Å². The van der Waals surface area contributed by atoms with Crippen molar-refractivity contribution < 1.29 is 9.59 Å². The lowest BCUT2D eigenvalue weighted by atomic mass is 9.80. The second-order valence-electron chi connectivity index (χ2n) is 5.00. The van der Waals surface area contributed by atoms with Crippen molar-refractivity contribution in [3.05, 3.63) is 0 Å². The largest absolute Gasteiger partial charge is 0.273 e. The molecule has 16 heavy (non-hydrogen) atoms. The van der Waals surface area contributed by atoms with Crippen LogP contribution in [0.5, 0.6) is 0 Å². The van der Waals surface area contributed by atoms with Crippen LogP contribution in [-0.2, 0) is 9.59 Å². The van der Waals surface area contributed by atoms with E-state index < -0.39 is 0 Å². The summed E-state index contributed by atoms with van der Waals surface area (Å²) in [6.07, 6.45) is 6.32. The normalized spacial score (nSPS) is 23.9. The minimum absolute atomic E-state index is 0.0701. The highest BCUT2D eigenvalue weighted by atomic mass is 16.2. The molecule has 4 nitrogen and oxygen atoms in total. The fraction of sp³-hybridized carbons (Fsp3) is 0.833. The van der Waals surface area contributed by atoms with Crippen LogP contribution in [0.4, 0.5) is 0 Å². The standard InChI is InChI=1S/C12H20N2O2/c1-2-3-8-14-10(15)9-12(11(16)13-14)6-4-5-7-12/h2-9H2,1H3,(H,13,16). The molecule has 0 bridgehead atoms. The fourth-order valence-electron chi connectivity index (χ4n) is 2.72. The van der Waals surface area contributed by atoms with Gasteiger partial charge in [-0.15, -0.1) is 0 Å². The molecule has 0 aromatic heterocycles. The second-order valence-corrected chi connectivity index (χ2v) is 5.00. The van der Waals surface area contributed by atoms with Crippen molar-refractivity contribution in [2.75, 3.05) is 6.54 Å². The monoisotopic (exact) mass is 224 g/mol. The number of amides is 2. The van der Waals surface area contributed by atoms with Crippen LogP contribution in [0.25, 0.3) is 0 Å². The van der Waals surface area contributed by atoms with Gasteiger partial charge in [0.25, 0.3) is 0 Å². The first-order valence-electron chi connectivity index (χ1n) is 6.29. The molecule has 0 radical (unpaired) electrons. The quantitative estimate of drug-likeness (QED) is 0.791. The number of rotatable bonds is 3. The summed E-state index contributed by atoms with van der Waals surface area (Å²) in [7, 11) is 0. The SMILES string of the molecule is CCCCN1NC(=O)C2(CCCC2)CC1=O. The number of carbonyl (C=O) groups excluding carboxylic acids is 2. The van der Waals surface area contributed by atoms with Crippen LogP contribution in [0.1, 0.15) is 51.9 Å². The van der Waals surface area contributed by atoms with E-state index in [0.717, 1.165) is 38.5 Å². The van der Waals surface area contributed by atoms with E-state index in [1.807, 2.05) is 0 Å². The molecule has 4 heteroatoms. The minimum atomic E-state index is -0.361. The number of hydrogen-bond donors (Lipinski definition) is 1. The summed E-state index contributed by atoms with van der Waals surface area (Å²) in [6, 6.07) is 0. The lowest BCUT2D eigenvalue weighted by Gasteiger charge is -2.37. The van der Waals surface area contributed by atoms with Crippen molar-refractivity contribution in [2.24, 2.45) is 5.41 Å². The van der Waals surface area contributed by atoms with E-state index in [-0.39, 0.29) is 17.2 Å². The summed E-state index contributed by atoms with van der Waals surface area (Å²) in [6.45, 7) is 2.73. The van der Waals surface area contributed by atoms with Gasteiger partial charge in [0.2, 0.25) is 11.8 Å². The van der Waals surface area contributed by atoms with Gasteiger partial charge in [0.05, 0.1) is 5.41 Å². The molecule has 0 unspecified atom stereocenters. The molecule has 1 saturated heterocycles. The van der Waals surface area contributed by atoms with Crippen molar-refractivity contribution in [3.8, 4) is 0 Å². The molecular weight excluding hydrogens is 204 g/mol. The Labute approximate surface area is 96.3 Å². The molecule has 0 atom stereocenters. The lowest BCUT2D eigenvalue weighted by Crippen LogP contribution is -2.58. The van der Waals surface area contributed by atoms with E-state index >= 15 is 0 Å². The van der Waals surface area contributed by atoms with E-state index in [4.69, 9.17) is 0 Å². The molecule has 1 aliphatic heterocycles. The molecule has 0 aromatic rings. The highest BCUT2D eigenvalue weighted by Gasteiger charge is 2.47. The minimum Gasteiger partial charge on any atom is -0.273 e. The summed E-state index contributed by atoms with van der Waals surface area (Å²) in [5.74, 6) is 0.163. The predicted molar refractivity (Wildman–Crippen MR) is 60.3 cm³/mol. The Morgan fingerprint density at radius 1 is 1.31 bits per heavy atom. The number of carbonyl (C=O) groups is 2. The average Bonchev–Trinajstić information content (AvgIpc) is 2.71. The first kappa shape index (κ1) is 11.4. The van der Waals surface area contributed by atoms with Gasteiger partial charge in [-0.2, -0.15) is 0 Å². The molecule has 0 aromatic carbocycles. The lowest BCUT2D eigenvalue weighted by molar-refractivity contribution is -0.157. The van der Waals surface area contributed by atoms with Crippen molar-refractivity contribution in [2.45, 2.75) is 51.9 Å². The van der Waals surface area contributed by atoms with Crippen LogP contribution in [0.15, 0.2) is 0 Å². The van der Waals surface area contributed by atoms with E-state index in [9.17, 15) is 9.59 Å². The Balaban J connectivity index is 2.01. The van der Waals surface area contributed by atoms with E-state index in [2.05, 4.69) is 12.3 Å². The molecule has 1 aliphatic carbocycles. The van der Waals surface area contributed by atoms with E-state index in [1.54, 1.807) is 0 Å². The van der Waals surface area contributed by atoms with Gasteiger partial charge in [-0.1, -0.05) is 26.2 Å². The summed E-state index contributed by atoms with van der Waals surface area (Å²) in [5.41, 5.74) is 2.42. The van der Waals surface area contributed by atoms with Gasteiger partial charge in [0, 0.05) is 13.0 Å². The molecule has 1 heterocycles. The third-order valence-corrected chi connectivity index (χ3v) is 3.80. The Morgan fingerprint density at radius 2 is 2.00 bits per heavy atom. The Hall–Kier alpha value is -1.06. The zero-order chi connectivity index (χ0) is 11.6. The van der Waals surface area contributed by atoms with Gasteiger partial charge < -0.3 is 0 Å². The second kappa shape index (κ2) is 4.44. The van der Waals surface area contributed by atoms with Crippen LogP contribution in [0.3, 0.4) is 0 Å². The molecular formula is C12H20N2O2. The Morgan fingerprint density at radius 3 is 2.62 bits per heavy atom. The maximum absolute atomic E-state index is 12.0. The highest BCUT2D eigenvalue weighted by Crippen LogP contribution is 2.43. The summed E-state index contributed by atoms with van der Waals surface area (Å²) in [4.78, 5) is 24.0. The van der Waals surface area contributed by atoms with Crippen molar-refractivity contribution in [1.29, 1.82) is 0 Å². The average molecular weight is 224 g/mol. The first-order chi connectivity index (χ1) is 7.68. The van der Waals surface area contributed by atoms with Crippen molar-refractivity contribution in [3.63, 3.8) is 0 Å². The van der Waals surface area contributed by atoms with Gasteiger partial charge in [0.15, 0.2) is 0 Å². The number of nitrogens with one attached hydrogen (secondary N) is 1. The third kappa shape index (κ3) is 1.93. The van der Waals surface area contributed by atoms with Crippen molar-refractivity contribution >= 4 is 11.8 Å². The summed E-state index contributed by atoms with van der Waals surface area (Å²) >= 11 is 0. The molecule has 2 rings (SSSR count). The molecule has 90 valence electrons. The first-order valence-corrected chi connectivity index (χ1v) is 6.29. The summed E-state index contributed by atoms with van der Waals surface area (Å²) in [5, 5.41) is 1.51. The zero-order valence-corrected chi connectivity index (χ0v) is 9.92. The fourth-order valence-corrected chi connectivity index (χ4v) is 2.72. The Kier molecular flexibility index (Phi) is 3.17. The molecule has 2 fully saturated rings. The van der Waals surface area contributed by atoms with Crippen LogP contribution >= 0.6 is 0 Å². The molecule has 2 aliphatic rings. The van der Waals surface area contributed by atoms with E-state index in [0.29, 0.717) is 13.0 Å². The number of hydrogen-bond acceptors (Lipinski definition) is 2. The third-order valence-electron chi connectivity index (χ3n) is 3.80. The molecule has 2 amide bonds. The topological polar surface area (TPSA) is 49.4 Å². The van der Waals surface area contributed by atoms with Crippen LogP contribution in [0, 0.1) is 5.41 Å². The van der Waals surface area contributed by atoms with Gasteiger partial charge in [0.1, 0.15) is 0 Å². The van der Waals surface area contributed by atoms with Crippen LogP contribution in [0.2, 0.25) is 0 Å². The predicted octanol–water partition coefficient (Wildman–Crippen LogP) is 1.61. The summed E-state index contributed by atoms with van der Waals surface area (Å²) < 4.78 is 0. The number of unbranched alkanes of at least 4 members (excludes halogenated alkanes) is 1. The maximum Gasteiger partial charge on any atom is 0.245 e. The number of hydrazine groups is 1. The highest BCUT2D eigenvalue weighted by molar-refractivity contribution is 5.94. The molecule has 1 spiro atoms. The Bertz CT molecular complexity index is 295.